The van der Waals surface area contributed by atoms with Crippen LogP contribution < -0.4 is 0 Å². The van der Waals surface area contributed by atoms with Gasteiger partial charge in [0.05, 0.1) is 28.8 Å². The van der Waals surface area contributed by atoms with Gasteiger partial charge in [-0.05, 0) is 44.2 Å². The lowest BCUT2D eigenvalue weighted by Gasteiger charge is -2.12. The van der Waals surface area contributed by atoms with Crippen LogP contribution in [0.3, 0.4) is 0 Å². The minimum absolute atomic E-state index is 0.0422. The van der Waals surface area contributed by atoms with Crippen molar-refractivity contribution >= 4 is 11.7 Å². The summed E-state index contributed by atoms with van der Waals surface area (Å²) in [4.78, 5) is 19.9. The molecule has 0 bridgehead atoms. The molecule has 1 saturated carbocycles. The van der Waals surface area contributed by atoms with E-state index < -0.39 is 10.9 Å². The van der Waals surface area contributed by atoms with E-state index in [2.05, 4.69) is 6.92 Å². The zero-order valence-electron chi connectivity index (χ0n) is 12.2. The van der Waals surface area contributed by atoms with Crippen LogP contribution in [-0.4, -0.2) is 39.4 Å². The largest absolute Gasteiger partial charge is 0.478 e. The number of hydrogen-bond donors (Lipinski definition) is 2. The Morgan fingerprint density at radius 3 is 2.45 bits per heavy atom. The van der Waals surface area contributed by atoms with Crippen molar-refractivity contribution in [1.29, 1.82) is 0 Å². The van der Waals surface area contributed by atoms with Gasteiger partial charge in [-0.3, -0.25) is 10.1 Å². The molecule has 1 aromatic carbocycles. The molecule has 1 aliphatic heterocycles. The summed E-state index contributed by atoms with van der Waals surface area (Å²) in [5.74, 6) is -0.435. The number of benzene rings is 1. The topological polar surface area (TPSA) is 110 Å². The summed E-state index contributed by atoms with van der Waals surface area (Å²) in [6, 6.07) is 4.70. The minimum Gasteiger partial charge on any atom is -0.478 e. The van der Waals surface area contributed by atoms with Gasteiger partial charge >= 0.3 is 5.97 Å². The van der Waals surface area contributed by atoms with Crippen molar-refractivity contribution in [2.45, 2.75) is 44.5 Å². The number of carboxylic acids is 1. The van der Waals surface area contributed by atoms with Crippen molar-refractivity contribution in [3.8, 4) is 0 Å². The molecular formula is C15H19NO6. The standard InChI is InChI=1S/C8H14O2.C7H5NO4/c1-5-4-6-2-3-7(9)8(6)10-5;9-7(10)5-1-3-6(4-2-5)8(11)12/h5-9H,2-4H2,1H3;1-4H,(H,9,10). The number of nitrogens with zero attached hydrogens (tertiary/aromatic N) is 1. The summed E-state index contributed by atoms with van der Waals surface area (Å²) >= 11 is 0. The highest BCUT2D eigenvalue weighted by Crippen LogP contribution is 2.38. The summed E-state index contributed by atoms with van der Waals surface area (Å²) in [6.07, 6.45) is 3.65. The summed E-state index contributed by atoms with van der Waals surface area (Å²) in [5, 5.41) is 28.0. The normalized spacial score (nSPS) is 29.4. The molecule has 7 nitrogen and oxygen atoms in total. The molecule has 4 unspecified atom stereocenters. The number of rotatable bonds is 2. The Labute approximate surface area is 127 Å². The van der Waals surface area contributed by atoms with E-state index >= 15 is 0 Å². The number of aliphatic hydroxyl groups excluding tert-OH is 1. The van der Waals surface area contributed by atoms with E-state index in [0.717, 1.165) is 31.4 Å². The smallest absolute Gasteiger partial charge is 0.335 e. The summed E-state index contributed by atoms with van der Waals surface area (Å²) < 4.78 is 5.55. The second-order valence-electron chi connectivity index (χ2n) is 5.66. The average molecular weight is 309 g/mol. The Bertz CT molecular complexity index is 510. The van der Waals surface area contributed by atoms with Gasteiger partial charge in [0.15, 0.2) is 0 Å². The molecule has 7 heteroatoms. The van der Waals surface area contributed by atoms with E-state index in [1.165, 1.54) is 12.1 Å². The first-order valence-corrected chi connectivity index (χ1v) is 7.19. The van der Waals surface area contributed by atoms with E-state index in [1.54, 1.807) is 0 Å². The van der Waals surface area contributed by atoms with Crippen molar-refractivity contribution in [3.05, 3.63) is 39.9 Å². The first kappa shape index (κ1) is 16.4. The first-order valence-electron chi connectivity index (χ1n) is 7.19. The van der Waals surface area contributed by atoms with E-state index in [9.17, 15) is 20.0 Å². The number of hydrogen-bond acceptors (Lipinski definition) is 5. The third-order valence-electron chi connectivity index (χ3n) is 4.03. The van der Waals surface area contributed by atoms with Crippen molar-refractivity contribution in [1.82, 2.24) is 0 Å². The van der Waals surface area contributed by atoms with Gasteiger partial charge in [-0.2, -0.15) is 0 Å². The SMILES string of the molecule is CC1CC2CCC(O)C2O1.O=C(O)c1ccc([N+](=O)[O-])cc1. The molecule has 2 aliphatic rings. The van der Waals surface area contributed by atoms with Gasteiger partial charge < -0.3 is 14.9 Å². The fourth-order valence-corrected chi connectivity index (χ4v) is 2.96. The number of carboxylic acid groups (broad SMARTS) is 1. The molecule has 2 fully saturated rings. The Balaban J connectivity index is 0.000000162. The summed E-state index contributed by atoms with van der Waals surface area (Å²) in [5.41, 5.74) is -0.0689. The van der Waals surface area contributed by atoms with Gasteiger partial charge in [0.1, 0.15) is 0 Å². The van der Waals surface area contributed by atoms with Crippen molar-refractivity contribution in [2.24, 2.45) is 5.92 Å². The summed E-state index contributed by atoms with van der Waals surface area (Å²) in [7, 11) is 0. The monoisotopic (exact) mass is 309 g/mol. The van der Waals surface area contributed by atoms with Crippen LogP contribution in [0.15, 0.2) is 24.3 Å². The molecule has 0 amide bonds. The maximum Gasteiger partial charge on any atom is 0.335 e. The molecule has 1 aliphatic carbocycles. The lowest BCUT2D eigenvalue weighted by Crippen LogP contribution is -2.23. The second kappa shape index (κ2) is 6.85. The van der Waals surface area contributed by atoms with Crippen LogP contribution in [0, 0.1) is 16.0 Å². The highest BCUT2D eigenvalue weighted by molar-refractivity contribution is 5.87. The molecule has 4 atom stereocenters. The molecule has 0 aromatic heterocycles. The second-order valence-corrected chi connectivity index (χ2v) is 5.66. The maximum absolute atomic E-state index is 10.3. The van der Waals surface area contributed by atoms with Crippen LogP contribution in [0.25, 0.3) is 0 Å². The molecule has 120 valence electrons. The van der Waals surface area contributed by atoms with Crippen LogP contribution >= 0.6 is 0 Å². The number of nitro benzene ring substituents is 1. The van der Waals surface area contributed by atoms with Crippen molar-refractivity contribution in [2.75, 3.05) is 0 Å². The minimum atomic E-state index is -1.09. The molecule has 1 saturated heterocycles. The van der Waals surface area contributed by atoms with Crippen molar-refractivity contribution < 1.29 is 24.7 Å². The van der Waals surface area contributed by atoms with Gasteiger partial charge in [-0.15, -0.1) is 0 Å². The molecule has 2 N–H and O–H groups in total. The Kier molecular flexibility index (Phi) is 5.10. The zero-order chi connectivity index (χ0) is 16.3. The highest BCUT2D eigenvalue weighted by atomic mass is 16.6. The van der Waals surface area contributed by atoms with E-state index in [0.29, 0.717) is 12.0 Å². The van der Waals surface area contributed by atoms with Gasteiger partial charge in [0.2, 0.25) is 0 Å². The van der Waals surface area contributed by atoms with Gasteiger partial charge in [-0.25, -0.2) is 4.79 Å². The number of aliphatic hydroxyl groups is 1. The average Bonchev–Trinajstić information content (AvgIpc) is 3.01. The molecule has 0 spiro atoms. The van der Waals surface area contributed by atoms with E-state index in [-0.39, 0.29) is 23.5 Å². The van der Waals surface area contributed by atoms with Crippen LogP contribution in [-0.2, 0) is 4.74 Å². The maximum atomic E-state index is 10.3. The van der Waals surface area contributed by atoms with Gasteiger partial charge in [0.25, 0.3) is 5.69 Å². The number of aromatic carboxylic acids is 1. The van der Waals surface area contributed by atoms with Gasteiger partial charge in [0, 0.05) is 12.1 Å². The lowest BCUT2D eigenvalue weighted by atomic mass is 10.0. The van der Waals surface area contributed by atoms with Gasteiger partial charge in [-0.1, -0.05) is 0 Å². The number of non-ortho nitro benzene ring substituents is 1. The number of nitro groups is 1. The van der Waals surface area contributed by atoms with E-state index in [4.69, 9.17) is 9.84 Å². The molecule has 1 heterocycles. The molecule has 1 aromatic rings. The molecule has 22 heavy (non-hydrogen) atoms. The lowest BCUT2D eigenvalue weighted by molar-refractivity contribution is -0.384. The molecule has 0 radical (unpaired) electrons. The van der Waals surface area contributed by atoms with Crippen LogP contribution in [0.2, 0.25) is 0 Å². The van der Waals surface area contributed by atoms with Crippen LogP contribution in [0.4, 0.5) is 5.69 Å². The Hall–Kier alpha value is -1.99. The van der Waals surface area contributed by atoms with E-state index in [1.807, 2.05) is 0 Å². The predicted molar refractivity (Wildman–Crippen MR) is 77.7 cm³/mol. The van der Waals surface area contributed by atoms with Crippen LogP contribution in [0.1, 0.15) is 36.5 Å². The van der Waals surface area contributed by atoms with Crippen LogP contribution in [0.5, 0.6) is 0 Å². The summed E-state index contributed by atoms with van der Waals surface area (Å²) in [6.45, 7) is 2.09. The highest BCUT2D eigenvalue weighted by Gasteiger charge is 2.42. The first-order chi connectivity index (χ1) is 10.4. The molecule has 3 rings (SSSR count). The number of ether oxygens (including phenoxy) is 1. The fraction of sp³-hybridized carbons (Fsp3) is 0.533. The fourth-order valence-electron chi connectivity index (χ4n) is 2.96. The zero-order valence-corrected chi connectivity index (χ0v) is 12.2. The molecular weight excluding hydrogens is 290 g/mol. The number of carbonyl (C=O) groups is 1. The number of fused-ring (bicyclic) bond motifs is 1. The quantitative estimate of drug-likeness (QED) is 0.640. The Morgan fingerprint density at radius 1 is 1.32 bits per heavy atom. The third-order valence-corrected chi connectivity index (χ3v) is 4.03. The Morgan fingerprint density at radius 2 is 1.95 bits per heavy atom. The van der Waals surface area contributed by atoms with Crippen molar-refractivity contribution in [3.63, 3.8) is 0 Å². The predicted octanol–water partition coefficient (Wildman–Crippen LogP) is 2.23. The third kappa shape index (κ3) is 3.80.